The Morgan fingerprint density at radius 1 is 0.302 bits per heavy atom. The number of carbonyl (C=O) groups excluding carboxylic acids is 4. The van der Waals surface area contributed by atoms with Gasteiger partial charge in [-0.3, -0.25) is 37.3 Å². The van der Waals surface area contributed by atoms with Crippen molar-refractivity contribution in [3.05, 3.63) is 134 Å². The smallest absolute Gasteiger partial charge is 0.462 e. The van der Waals surface area contributed by atoms with Crippen molar-refractivity contribution >= 4 is 39.5 Å². The summed E-state index contributed by atoms with van der Waals surface area (Å²) >= 11 is 0. The maximum absolute atomic E-state index is 13.1. The van der Waals surface area contributed by atoms with E-state index in [0.717, 1.165) is 193 Å². The molecule has 5 unspecified atom stereocenters. The molecule has 96 heavy (non-hydrogen) atoms. The third-order valence-corrected chi connectivity index (χ3v) is 16.4. The third-order valence-electron chi connectivity index (χ3n) is 14.5. The molecule has 0 amide bonds. The molecule has 0 rings (SSSR count). The number of hydrogen-bond acceptors (Lipinski definition) is 15. The summed E-state index contributed by atoms with van der Waals surface area (Å²) in [6, 6.07) is 0. The molecular weight excluding hydrogens is 1260 g/mol. The molecule has 0 aliphatic carbocycles. The lowest BCUT2D eigenvalue weighted by Crippen LogP contribution is -2.30. The summed E-state index contributed by atoms with van der Waals surface area (Å²) in [4.78, 5) is 72.7. The zero-order valence-corrected chi connectivity index (χ0v) is 61.3. The van der Waals surface area contributed by atoms with Crippen LogP contribution in [0, 0.1) is 0 Å². The molecule has 0 aromatic heterocycles. The molecule has 17 nitrogen and oxygen atoms in total. The van der Waals surface area contributed by atoms with E-state index in [0.29, 0.717) is 25.7 Å². The zero-order valence-electron chi connectivity index (χ0n) is 59.5. The largest absolute Gasteiger partial charge is 0.472 e. The van der Waals surface area contributed by atoms with Gasteiger partial charge < -0.3 is 33.8 Å². The quantitative estimate of drug-likeness (QED) is 0.0169. The van der Waals surface area contributed by atoms with Gasteiger partial charge in [0.2, 0.25) is 0 Å². The molecule has 19 heteroatoms. The van der Waals surface area contributed by atoms with Crippen molar-refractivity contribution < 1.29 is 80.2 Å². The fourth-order valence-electron chi connectivity index (χ4n) is 9.06. The Kier molecular flexibility index (Phi) is 65.3. The van der Waals surface area contributed by atoms with Crippen LogP contribution in [0.4, 0.5) is 0 Å². The van der Waals surface area contributed by atoms with Crippen LogP contribution in [0.25, 0.3) is 0 Å². The summed E-state index contributed by atoms with van der Waals surface area (Å²) in [6.07, 6.45) is 74.6. The van der Waals surface area contributed by atoms with Crippen LogP contribution in [-0.2, 0) is 65.4 Å². The predicted molar refractivity (Wildman–Crippen MR) is 390 cm³/mol. The first-order valence-corrected chi connectivity index (χ1v) is 39.4. The molecule has 3 N–H and O–H groups in total. The highest BCUT2D eigenvalue weighted by atomic mass is 31.2. The van der Waals surface area contributed by atoms with Gasteiger partial charge in [0, 0.05) is 25.7 Å². The van der Waals surface area contributed by atoms with Gasteiger partial charge in [-0.05, 0) is 148 Å². The summed E-state index contributed by atoms with van der Waals surface area (Å²) in [5.74, 6) is -2.28. The van der Waals surface area contributed by atoms with Crippen molar-refractivity contribution in [3.63, 3.8) is 0 Å². The Morgan fingerprint density at radius 2 is 0.542 bits per heavy atom. The van der Waals surface area contributed by atoms with Gasteiger partial charge >= 0.3 is 39.5 Å². The number of ether oxygens (including phenoxy) is 4. The molecule has 0 aromatic carbocycles. The Hall–Kier alpha value is -4.80. The first-order valence-electron chi connectivity index (χ1n) is 36.4. The van der Waals surface area contributed by atoms with Crippen LogP contribution in [0.15, 0.2) is 134 Å². The number of allylic oxidation sites excluding steroid dienone is 22. The molecule has 5 atom stereocenters. The van der Waals surface area contributed by atoms with E-state index in [2.05, 4.69) is 161 Å². The average molecular weight is 1390 g/mol. The van der Waals surface area contributed by atoms with Gasteiger partial charge in [-0.1, -0.05) is 232 Å². The maximum atomic E-state index is 13.1. The van der Waals surface area contributed by atoms with E-state index in [1.807, 2.05) is 0 Å². The first-order chi connectivity index (χ1) is 46.7. The van der Waals surface area contributed by atoms with Gasteiger partial charge in [0.15, 0.2) is 12.2 Å². The lowest BCUT2D eigenvalue weighted by Gasteiger charge is -2.21. The van der Waals surface area contributed by atoms with E-state index in [1.54, 1.807) is 0 Å². The minimum Gasteiger partial charge on any atom is -0.462 e. The van der Waals surface area contributed by atoms with Crippen molar-refractivity contribution in [2.45, 2.75) is 290 Å². The highest BCUT2D eigenvalue weighted by molar-refractivity contribution is 7.47. The number of hydrogen-bond donors (Lipinski definition) is 3. The molecule has 0 saturated heterocycles. The topological polar surface area (TPSA) is 237 Å². The molecule has 0 fully saturated rings. The van der Waals surface area contributed by atoms with Crippen LogP contribution in [0.2, 0.25) is 0 Å². The van der Waals surface area contributed by atoms with Gasteiger partial charge in [-0.15, -0.1) is 0 Å². The Bertz CT molecular complexity index is 2350. The number of phosphoric ester groups is 2. The molecule has 0 spiro atoms. The zero-order chi connectivity index (χ0) is 70.4. The lowest BCUT2D eigenvalue weighted by molar-refractivity contribution is -0.161. The van der Waals surface area contributed by atoms with Crippen LogP contribution in [0.3, 0.4) is 0 Å². The second-order valence-corrected chi connectivity index (χ2v) is 26.7. The van der Waals surface area contributed by atoms with Crippen molar-refractivity contribution in [1.82, 2.24) is 0 Å². The van der Waals surface area contributed by atoms with Crippen LogP contribution in [0.5, 0.6) is 0 Å². The second kappa shape index (κ2) is 68.7. The summed E-state index contributed by atoms with van der Waals surface area (Å²) < 4.78 is 68.3. The van der Waals surface area contributed by atoms with Crippen molar-refractivity contribution in [2.75, 3.05) is 39.6 Å². The molecular formula is C77H128O17P2. The summed E-state index contributed by atoms with van der Waals surface area (Å²) in [7, 11) is -9.97. The van der Waals surface area contributed by atoms with Crippen LogP contribution in [-0.4, -0.2) is 96.7 Å². The predicted octanol–water partition coefficient (Wildman–Crippen LogP) is 20.5. The Labute approximate surface area is 580 Å². The number of unbranched alkanes of at least 4 members (excludes halogenated alkanes) is 19. The minimum atomic E-state index is -4.99. The highest BCUT2D eigenvalue weighted by Gasteiger charge is 2.30. The molecule has 0 heterocycles. The van der Waals surface area contributed by atoms with Gasteiger partial charge in [0.25, 0.3) is 0 Å². The van der Waals surface area contributed by atoms with Gasteiger partial charge in [-0.2, -0.15) is 0 Å². The molecule has 0 saturated carbocycles. The Balaban J connectivity index is 5.42. The number of esters is 4. The third kappa shape index (κ3) is 67.8. The van der Waals surface area contributed by atoms with E-state index in [4.69, 9.17) is 37.0 Å². The number of rotatable bonds is 67. The van der Waals surface area contributed by atoms with E-state index in [-0.39, 0.29) is 25.7 Å². The molecule has 0 aliphatic rings. The van der Waals surface area contributed by atoms with Crippen molar-refractivity contribution in [3.8, 4) is 0 Å². The molecule has 0 radical (unpaired) electrons. The molecule has 0 aliphatic heterocycles. The summed E-state index contributed by atoms with van der Waals surface area (Å²) in [6.45, 7) is 4.39. The monoisotopic (exact) mass is 1390 g/mol. The average Bonchev–Trinajstić information content (AvgIpc) is 1.36. The van der Waals surface area contributed by atoms with Crippen molar-refractivity contribution in [2.24, 2.45) is 0 Å². The van der Waals surface area contributed by atoms with Gasteiger partial charge in [0.05, 0.1) is 26.4 Å². The maximum Gasteiger partial charge on any atom is 0.472 e. The van der Waals surface area contributed by atoms with E-state index in [1.165, 1.54) is 0 Å². The standard InChI is InChI=1S/C77H128O17P2/c1-5-9-13-17-21-25-29-33-35-39-42-46-50-54-58-62-75(80)88-68-73(94-77(82)64-60-56-52-48-44-40-36-34-30-26-22-18-14-10-6-2)70-92-96(85,86)90-66-71(78)65-89-95(83,84)91-69-72(93-76(81)63-59-55-51-47-43-38-32-28-24-20-16-12-8-4)67-87-74(79)61-57-53-49-45-41-37-31-27-23-19-15-11-7-3/h9-10,13-16,19-22,25-28,31-36,42,46,71-73,78H,5-8,11-12,17-18,23-24,29-30,37-41,43-45,47-70H2,1-4H3,(H,83,84)(H,85,86)/b13-9-,14-10-,19-15-,20-16-,25-21-,26-22-,31-27-,32-28-,35-33-,36-34-,46-42-. The second-order valence-electron chi connectivity index (χ2n) is 23.8. The van der Waals surface area contributed by atoms with Gasteiger partial charge in [0.1, 0.15) is 19.3 Å². The molecule has 0 bridgehead atoms. The van der Waals surface area contributed by atoms with E-state index >= 15 is 0 Å². The van der Waals surface area contributed by atoms with Crippen molar-refractivity contribution in [1.29, 1.82) is 0 Å². The minimum absolute atomic E-state index is 0.0622. The number of carbonyl (C=O) groups is 4. The Morgan fingerprint density at radius 3 is 0.854 bits per heavy atom. The number of aliphatic hydroxyl groups is 1. The number of aliphatic hydroxyl groups excluding tert-OH is 1. The lowest BCUT2D eigenvalue weighted by atomic mass is 10.1. The summed E-state index contributed by atoms with van der Waals surface area (Å²) in [5, 5.41) is 10.6. The fourth-order valence-corrected chi connectivity index (χ4v) is 10.6. The molecule has 548 valence electrons. The van der Waals surface area contributed by atoms with Crippen LogP contribution < -0.4 is 0 Å². The van der Waals surface area contributed by atoms with E-state index < -0.39 is 97.5 Å². The fraction of sp³-hybridized carbons (Fsp3) is 0.662. The van der Waals surface area contributed by atoms with Crippen LogP contribution in [0.1, 0.15) is 272 Å². The SMILES string of the molecule is CC/C=C\C/C=C\C/C=C\C/C=C\CCCCC(=O)OCC(COP(=O)(O)OCC(O)COP(=O)(O)OCC(COC(=O)CCCCCCC/C=C\C/C=C\CCC)OC(=O)CCCCCCC/C=C\C/C=C\CCC)OC(=O)CCCCCCC/C=C\C/C=C\C/C=C\CC. The molecule has 0 aromatic rings. The normalized spacial score (nSPS) is 14.8. The number of phosphoric acid groups is 2. The van der Waals surface area contributed by atoms with Gasteiger partial charge in [-0.25, -0.2) is 9.13 Å². The first kappa shape index (κ1) is 91.2. The summed E-state index contributed by atoms with van der Waals surface area (Å²) in [5.41, 5.74) is 0. The van der Waals surface area contributed by atoms with E-state index in [9.17, 15) is 43.2 Å². The van der Waals surface area contributed by atoms with Crippen LogP contribution >= 0.6 is 15.6 Å². The highest BCUT2D eigenvalue weighted by Crippen LogP contribution is 2.45.